The van der Waals surface area contributed by atoms with Crippen molar-refractivity contribution in [2.45, 2.75) is 20.4 Å². The van der Waals surface area contributed by atoms with Crippen molar-refractivity contribution in [1.82, 2.24) is 10.6 Å². The highest BCUT2D eigenvalue weighted by Gasteiger charge is 2.04. The highest BCUT2D eigenvalue weighted by molar-refractivity contribution is 14.0. The van der Waals surface area contributed by atoms with Crippen LogP contribution in [0.15, 0.2) is 29.3 Å². The van der Waals surface area contributed by atoms with Gasteiger partial charge in [0.25, 0.3) is 0 Å². The van der Waals surface area contributed by atoms with E-state index in [0.717, 1.165) is 23.9 Å². The molecule has 4 nitrogen and oxygen atoms in total. The molecule has 108 valence electrons. The summed E-state index contributed by atoms with van der Waals surface area (Å²) < 4.78 is 5.80. The van der Waals surface area contributed by atoms with Gasteiger partial charge in [0.05, 0.1) is 6.61 Å². The van der Waals surface area contributed by atoms with Crippen LogP contribution in [0.5, 0.6) is 5.75 Å². The third-order valence-electron chi connectivity index (χ3n) is 2.45. The SMILES string of the molecule is CN=C(NC)NCc1ccccc1OCC(C)C.I. The summed E-state index contributed by atoms with van der Waals surface area (Å²) >= 11 is 0. The second-order valence-corrected chi connectivity index (χ2v) is 4.49. The second kappa shape index (κ2) is 9.89. The minimum Gasteiger partial charge on any atom is -0.493 e. The van der Waals surface area contributed by atoms with Gasteiger partial charge in [-0.1, -0.05) is 32.0 Å². The molecular formula is C14H24IN3O. The van der Waals surface area contributed by atoms with Crippen LogP contribution < -0.4 is 15.4 Å². The van der Waals surface area contributed by atoms with Crippen molar-refractivity contribution in [3.63, 3.8) is 0 Å². The molecule has 0 unspecified atom stereocenters. The van der Waals surface area contributed by atoms with Gasteiger partial charge in [-0.25, -0.2) is 0 Å². The van der Waals surface area contributed by atoms with E-state index in [-0.39, 0.29) is 24.0 Å². The predicted molar refractivity (Wildman–Crippen MR) is 91.4 cm³/mol. The molecule has 5 heteroatoms. The molecule has 1 aromatic rings. The fraction of sp³-hybridized carbons (Fsp3) is 0.500. The Hall–Kier alpha value is -0.980. The Balaban J connectivity index is 0.00000324. The maximum atomic E-state index is 5.80. The van der Waals surface area contributed by atoms with Gasteiger partial charge in [-0.05, 0) is 12.0 Å². The first-order chi connectivity index (χ1) is 8.67. The Morgan fingerprint density at radius 1 is 1.32 bits per heavy atom. The number of nitrogens with zero attached hydrogens (tertiary/aromatic N) is 1. The molecule has 2 N–H and O–H groups in total. The van der Waals surface area contributed by atoms with Gasteiger partial charge in [-0.2, -0.15) is 0 Å². The van der Waals surface area contributed by atoms with Gasteiger partial charge in [0, 0.05) is 26.2 Å². The molecule has 0 aromatic heterocycles. The first-order valence-corrected chi connectivity index (χ1v) is 6.26. The van der Waals surface area contributed by atoms with Crippen LogP contribution in [0.3, 0.4) is 0 Å². The lowest BCUT2D eigenvalue weighted by Crippen LogP contribution is -2.34. The van der Waals surface area contributed by atoms with Gasteiger partial charge < -0.3 is 15.4 Å². The molecule has 0 spiro atoms. The monoisotopic (exact) mass is 377 g/mol. The molecule has 1 rings (SSSR count). The molecule has 0 aliphatic rings. The summed E-state index contributed by atoms with van der Waals surface area (Å²) in [4.78, 5) is 4.08. The molecule has 0 radical (unpaired) electrons. The number of halogens is 1. The van der Waals surface area contributed by atoms with Crippen LogP contribution >= 0.6 is 24.0 Å². The molecule has 0 aliphatic heterocycles. The predicted octanol–water partition coefficient (Wildman–Crippen LogP) is 2.63. The number of aliphatic imine (C=N–C) groups is 1. The molecule has 0 saturated carbocycles. The van der Waals surface area contributed by atoms with Crippen LogP contribution in [0, 0.1) is 5.92 Å². The standard InChI is InChI=1S/C14H23N3O.HI/c1-11(2)10-18-13-8-6-5-7-12(13)9-17-14(15-3)16-4;/h5-8,11H,9-10H2,1-4H3,(H2,15,16,17);1H. The van der Waals surface area contributed by atoms with E-state index in [0.29, 0.717) is 12.5 Å². The first-order valence-electron chi connectivity index (χ1n) is 6.26. The van der Waals surface area contributed by atoms with Gasteiger partial charge in [0.1, 0.15) is 5.75 Å². The number of benzene rings is 1. The van der Waals surface area contributed by atoms with Crippen molar-refractivity contribution in [3.05, 3.63) is 29.8 Å². The van der Waals surface area contributed by atoms with Gasteiger partial charge in [0.2, 0.25) is 0 Å². The van der Waals surface area contributed by atoms with Crippen LogP contribution in [-0.4, -0.2) is 26.7 Å². The van der Waals surface area contributed by atoms with E-state index in [1.165, 1.54) is 0 Å². The minimum absolute atomic E-state index is 0. The Labute approximate surface area is 133 Å². The van der Waals surface area contributed by atoms with E-state index in [9.17, 15) is 0 Å². The number of ether oxygens (including phenoxy) is 1. The molecule has 0 saturated heterocycles. The van der Waals surface area contributed by atoms with Gasteiger partial charge in [0.15, 0.2) is 5.96 Å². The summed E-state index contributed by atoms with van der Waals surface area (Å²) in [5.74, 6) is 2.23. The van der Waals surface area contributed by atoms with E-state index < -0.39 is 0 Å². The lowest BCUT2D eigenvalue weighted by molar-refractivity contribution is 0.268. The van der Waals surface area contributed by atoms with E-state index in [1.807, 2.05) is 25.2 Å². The normalized spacial score (nSPS) is 10.9. The molecule has 19 heavy (non-hydrogen) atoms. The maximum Gasteiger partial charge on any atom is 0.190 e. The third kappa shape index (κ3) is 6.66. The molecule has 0 atom stereocenters. The highest BCUT2D eigenvalue weighted by atomic mass is 127. The summed E-state index contributed by atoms with van der Waals surface area (Å²) in [5, 5.41) is 6.21. The second-order valence-electron chi connectivity index (χ2n) is 4.49. The molecule has 0 amide bonds. The fourth-order valence-corrected chi connectivity index (χ4v) is 1.51. The first kappa shape index (κ1) is 18.0. The summed E-state index contributed by atoms with van der Waals surface area (Å²) in [6.45, 7) is 5.72. The molecule has 0 aliphatic carbocycles. The average Bonchev–Trinajstić information content (AvgIpc) is 2.38. The zero-order valence-corrected chi connectivity index (χ0v) is 14.4. The van der Waals surface area contributed by atoms with E-state index in [2.05, 4.69) is 35.5 Å². The summed E-state index contributed by atoms with van der Waals surface area (Å²) in [7, 11) is 3.59. The van der Waals surface area contributed by atoms with Gasteiger partial charge in [-0.15, -0.1) is 24.0 Å². The van der Waals surface area contributed by atoms with Crippen LogP contribution in [0.4, 0.5) is 0 Å². The molecular weight excluding hydrogens is 353 g/mol. The third-order valence-corrected chi connectivity index (χ3v) is 2.45. The minimum atomic E-state index is 0. The van der Waals surface area contributed by atoms with Crippen LogP contribution in [-0.2, 0) is 6.54 Å². The topological polar surface area (TPSA) is 45.7 Å². The van der Waals surface area contributed by atoms with E-state index >= 15 is 0 Å². The van der Waals surface area contributed by atoms with Crippen molar-refractivity contribution in [2.24, 2.45) is 10.9 Å². The van der Waals surface area contributed by atoms with Crippen molar-refractivity contribution >= 4 is 29.9 Å². The van der Waals surface area contributed by atoms with Crippen LogP contribution in [0.1, 0.15) is 19.4 Å². The number of hydrogen-bond acceptors (Lipinski definition) is 2. The molecule has 0 fully saturated rings. The smallest absolute Gasteiger partial charge is 0.190 e. The molecule has 0 bridgehead atoms. The average molecular weight is 377 g/mol. The van der Waals surface area contributed by atoms with Gasteiger partial charge >= 0.3 is 0 Å². The quantitative estimate of drug-likeness (QED) is 0.471. The Morgan fingerprint density at radius 3 is 2.58 bits per heavy atom. The van der Waals surface area contributed by atoms with E-state index in [4.69, 9.17) is 4.74 Å². The number of rotatable bonds is 5. The van der Waals surface area contributed by atoms with Gasteiger partial charge in [-0.3, -0.25) is 4.99 Å². The van der Waals surface area contributed by atoms with Crippen molar-refractivity contribution in [1.29, 1.82) is 0 Å². The summed E-state index contributed by atoms with van der Waals surface area (Å²) in [6.07, 6.45) is 0. The van der Waals surface area contributed by atoms with E-state index in [1.54, 1.807) is 7.05 Å². The summed E-state index contributed by atoms with van der Waals surface area (Å²) in [6, 6.07) is 8.07. The number of para-hydroxylation sites is 1. The van der Waals surface area contributed by atoms with Crippen LogP contribution in [0.2, 0.25) is 0 Å². The molecule has 1 aromatic carbocycles. The highest BCUT2D eigenvalue weighted by Crippen LogP contribution is 2.18. The lowest BCUT2D eigenvalue weighted by atomic mass is 10.2. The molecule has 0 heterocycles. The lowest BCUT2D eigenvalue weighted by Gasteiger charge is -2.14. The number of hydrogen-bond donors (Lipinski definition) is 2. The summed E-state index contributed by atoms with van der Waals surface area (Å²) in [5.41, 5.74) is 1.13. The van der Waals surface area contributed by atoms with Crippen molar-refractivity contribution in [3.8, 4) is 5.75 Å². The number of nitrogens with one attached hydrogen (secondary N) is 2. The zero-order chi connectivity index (χ0) is 13.4. The Morgan fingerprint density at radius 2 is 2.00 bits per heavy atom. The maximum absolute atomic E-state index is 5.80. The zero-order valence-electron chi connectivity index (χ0n) is 12.1. The number of guanidine groups is 1. The van der Waals surface area contributed by atoms with Crippen LogP contribution in [0.25, 0.3) is 0 Å². The largest absolute Gasteiger partial charge is 0.493 e. The van der Waals surface area contributed by atoms with Crippen molar-refractivity contribution in [2.75, 3.05) is 20.7 Å². The Bertz CT molecular complexity index is 394. The van der Waals surface area contributed by atoms with Crippen molar-refractivity contribution < 1.29 is 4.74 Å². The Kier molecular flexibility index (Phi) is 9.38. The fourth-order valence-electron chi connectivity index (χ4n) is 1.51.